The fraction of sp³-hybridized carbons (Fsp3) is 0.235. The number of hydrogen-bond acceptors (Lipinski definition) is 3. The largest absolute Gasteiger partial charge is 0.497 e. The molecule has 0 atom stereocenters. The van der Waals surface area contributed by atoms with Crippen molar-refractivity contribution in [1.82, 2.24) is 5.32 Å². The van der Waals surface area contributed by atoms with Gasteiger partial charge in [0.2, 0.25) is 0 Å². The number of rotatable bonds is 6. The molecule has 0 aliphatic heterocycles. The maximum atomic E-state index is 11.9. The summed E-state index contributed by atoms with van der Waals surface area (Å²) in [5, 5.41) is 6.24. The van der Waals surface area contributed by atoms with E-state index in [9.17, 15) is 4.79 Å². The summed E-state index contributed by atoms with van der Waals surface area (Å²) in [4.78, 5) is 11.9. The van der Waals surface area contributed by atoms with Gasteiger partial charge in [0.05, 0.1) is 14.2 Å². The zero-order chi connectivity index (χ0) is 16.7. The molecule has 5 nitrogen and oxygen atoms in total. The molecule has 2 amide bonds. The van der Waals surface area contributed by atoms with E-state index in [1.807, 2.05) is 24.3 Å². The van der Waals surface area contributed by atoms with Crippen LogP contribution < -0.4 is 20.1 Å². The van der Waals surface area contributed by atoms with E-state index in [-0.39, 0.29) is 6.03 Å². The highest BCUT2D eigenvalue weighted by atomic mass is 35.5. The van der Waals surface area contributed by atoms with Crippen LogP contribution in [-0.4, -0.2) is 26.8 Å². The Balaban J connectivity index is 1.87. The molecule has 2 aromatic rings. The zero-order valence-corrected chi connectivity index (χ0v) is 13.8. The van der Waals surface area contributed by atoms with E-state index in [1.54, 1.807) is 32.4 Å². The van der Waals surface area contributed by atoms with Gasteiger partial charge >= 0.3 is 6.03 Å². The molecule has 0 heterocycles. The lowest BCUT2D eigenvalue weighted by molar-refractivity contribution is 0.252. The standard InChI is InChI=1S/C17H19ClN2O3/c1-22-15-9-14(10-16(11-15)23-2)20-17(21)19-7-6-12-4-3-5-13(18)8-12/h3-5,8-11H,6-7H2,1-2H3,(H2,19,20,21). The molecule has 2 aromatic carbocycles. The fourth-order valence-corrected chi connectivity index (χ4v) is 2.28. The first-order valence-electron chi connectivity index (χ1n) is 7.13. The summed E-state index contributed by atoms with van der Waals surface area (Å²) in [6, 6.07) is 12.5. The van der Waals surface area contributed by atoms with Crippen LogP contribution in [0.1, 0.15) is 5.56 Å². The third-order valence-corrected chi connectivity index (χ3v) is 3.43. The Hall–Kier alpha value is -2.40. The summed E-state index contributed by atoms with van der Waals surface area (Å²) in [6.45, 7) is 0.507. The molecule has 2 rings (SSSR count). The normalized spacial score (nSPS) is 10.0. The lowest BCUT2D eigenvalue weighted by atomic mass is 10.1. The van der Waals surface area contributed by atoms with Crippen molar-refractivity contribution in [3.63, 3.8) is 0 Å². The van der Waals surface area contributed by atoms with E-state index >= 15 is 0 Å². The first-order chi connectivity index (χ1) is 11.1. The molecule has 23 heavy (non-hydrogen) atoms. The van der Waals surface area contributed by atoms with Crippen LogP contribution in [0.25, 0.3) is 0 Å². The van der Waals surface area contributed by atoms with E-state index < -0.39 is 0 Å². The number of hydrogen-bond donors (Lipinski definition) is 2. The number of carbonyl (C=O) groups excluding carboxylic acids is 1. The van der Waals surface area contributed by atoms with Crippen molar-refractivity contribution in [2.24, 2.45) is 0 Å². The second-order valence-electron chi connectivity index (χ2n) is 4.86. The van der Waals surface area contributed by atoms with Crippen LogP contribution in [0.4, 0.5) is 10.5 Å². The number of anilines is 1. The van der Waals surface area contributed by atoms with E-state index in [1.165, 1.54) is 0 Å². The van der Waals surface area contributed by atoms with Crippen molar-refractivity contribution >= 4 is 23.3 Å². The van der Waals surface area contributed by atoms with Gasteiger partial charge < -0.3 is 20.1 Å². The van der Waals surface area contributed by atoms with Gasteiger partial charge in [0.15, 0.2) is 0 Å². The van der Waals surface area contributed by atoms with Crippen molar-refractivity contribution in [2.75, 3.05) is 26.1 Å². The van der Waals surface area contributed by atoms with Crippen molar-refractivity contribution in [3.05, 3.63) is 53.1 Å². The molecule has 0 saturated carbocycles. The molecular weight excluding hydrogens is 316 g/mol. The van der Waals surface area contributed by atoms with Crippen LogP contribution in [0, 0.1) is 0 Å². The Labute approximate surface area is 140 Å². The van der Waals surface area contributed by atoms with Gasteiger partial charge in [0.1, 0.15) is 11.5 Å². The summed E-state index contributed by atoms with van der Waals surface area (Å²) in [5.74, 6) is 1.22. The number of methoxy groups -OCH3 is 2. The highest BCUT2D eigenvalue weighted by Crippen LogP contribution is 2.25. The number of carbonyl (C=O) groups is 1. The molecule has 0 radical (unpaired) electrons. The first kappa shape index (κ1) is 17.0. The average Bonchev–Trinajstić information content (AvgIpc) is 2.54. The van der Waals surface area contributed by atoms with E-state index in [4.69, 9.17) is 21.1 Å². The Morgan fingerprint density at radius 1 is 1.09 bits per heavy atom. The fourth-order valence-electron chi connectivity index (χ4n) is 2.07. The lowest BCUT2D eigenvalue weighted by Crippen LogP contribution is -2.30. The van der Waals surface area contributed by atoms with Crippen molar-refractivity contribution in [2.45, 2.75) is 6.42 Å². The van der Waals surface area contributed by atoms with Crippen LogP contribution in [0.5, 0.6) is 11.5 Å². The maximum absolute atomic E-state index is 11.9. The minimum absolute atomic E-state index is 0.290. The highest BCUT2D eigenvalue weighted by Gasteiger charge is 2.06. The summed E-state index contributed by atoms with van der Waals surface area (Å²) in [5.41, 5.74) is 1.67. The Morgan fingerprint density at radius 2 is 1.78 bits per heavy atom. The van der Waals surface area contributed by atoms with Gasteiger partial charge in [-0.1, -0.05) is 23.7 Å². The Kier molecular flexibility index (Phi) is 6.11. The molecule has 0 spiro atoms. The third-order valence-electron chi connectivity index (χ3n) is 3.20. The number of benzene rings is 2. The third kappa shape index (κ3) is 5.38. The number of halogens is 1. The number of urea groups is 1. The van der Waals surface area contributed by atoms with Gasteiger partial charge in [-0.2, -0.15) is 0 Å². The maximum Gasteiger partial charge on any atom is 0.319 e. The predicted octanol–water partition coefficient (Wildman–Crippen LogP) is 3.72. The molecular formula is C17H19ClN2O3. The lowest BCUT2D eigenvalue weighted by Gasteiger charge is -2.11. The van der Waals surface area contributed by atoms with Crippen LogP contribution in [0.3, 0.4) is 0 Å². The molecule has 0 aliphatic rings. The monoisotopic (exact) mass is 334 g/mol. The predicted molar refractivity (Wildman–Crippen MR) is 91.7 cm³/mol. The molecule has 0 aromatic heterocycles. The average molecular weight is 335 g/mol. The summed E-state index contributed by atoms with van der Waals surface area (Å²) in [6.07, 6.45) is 0.704. The molecule has 0 saturated heterocycles. The molecule has 6 heteroatoms. The second-order valence-corrected chi connectivity index (χ2v) is 5.30. The SMILES string of the molecule is COc1cc(NC(=O)NCCc2cccc(Cl)c2)cc(OC)c1. The smallest absolute Gasteiger partial charge is 0.319 e. The quantitative estimate of drug-likeness (QED) is 0.846. The van der Waals surface area contributed by atoms with Crippen LogP contribution in [0.2, 0.25) is 5.02 Å². The van der Waals surface area contributed by atoms with E-state index in [2.05, 4.69) is 10.6 Å². The van der Waals surface area contributed by atoms with Crippen LogP contribution in [0.15, 0.2) is 42.5 Å². The van der Waals surface area contributed by atoms with Gasteiger partial charge in [-0.15, -0.1) is 0 Å². The van der Waals surface area contributed by atoms with Crippen molar-refractivity contribution in [1.29, 1.82) is 0 Å². The molecule has 0 bridgehead atoms. The number of nitrogens with one attached hydrogen (secondary N) is 2. The summed E-state index contributed by atoms with van der Waals surface area (Å²) >= 11 is 5.93. The zero-order valence-electron chi connectivity index (χ0n) is 13.1. The highest BCUT2D eigenvalue weighted by molar-refractivity contribution is 6.30. The molecule has 2 N–H and O–H groups in total. The molecule has 122 valence electrons. The van der Waals surface area contributed by atoms with Gasteiger partial charge in [-0.05, 0) is 24.1 Å². The van der Waals surface area contributed by atoms with Crippen molar-refractivity contribution in [3.8, 4) is 11.5 Å². The van der Waals surface area contributed by atoms with Gasteiger partial charge in [-0.3, -0.25) is 0 Å². The Bertz CT molecular complexity index is 654. The molecule has 0 fully saturated rings. The topological polar surface area (TPSA) is 59.6 Å². The molecule has 0 unspecified atom stereocenters. The minimum Gasteiger partial charge on any atom is -0.497 e. The first-order valence-corrected chi connectivity index (χ1v) is 7.51. The van der Waals surface area contributed by atoms with Gasteiger partial charge in [0.25, 0.3) is 0 Å². The number of ether oxygens (including phenoxy) is 2. The number of amides is 2. The van der Waals surface area contributed by atoms with Gasteiger partial charge in [0, 0.05) is 35.5 Å². The van der Waals surface area contributed by atoms with E-state index in [0.717, 1.165) is 5.56 Å². The van der Waals surface area contributed by atoms with E-state index in [0.29, 0.717) is 35.2 Å². The van der Waals surface area contributed by atoms with Crippen LogP contribution in [-0.2, 0) is 6.42 Å². The Morgan fingerprint density at radius 3 is 2.39 bits per heavy atom. The van der Waals surface area contributed by atoms with Crippen LogP contribution >= 0.6 is 11.6 Å². The summed E-state index contributed by atoms with van der Waals surface area (Å²) < 4.78 is 10.3. The minimum atomic E-state index is -0.290. The van der Waals surface area contributed by atoms with Gasteiger partial charge in [-0.25, -0.2) is 4.79 Å². The van der Waals surface area contributed by atoms with Crippen molar-refractivity contribution < 1.29 is 14.3 Å². The second kappa shape index (κ2) is 8.29. The summed E-state index contributed by atoms with van der Waals surface area (Å²) in [7, 11) is 3.12. The molecule has 0 aliphatic carbocycles.